The summed E-state index contributed by atoms with van der Waals surface area (Å²) < 4.78 is 47.3. The number of halogens is 3. The predicted octanol–water partition coefficient (Wildman–Crippen LogP) is 3.99. The molecule has 1 aliphatic heterocycles. The topological polar surface area (TPSA) is 63.7 Å². The molecular weight excluding hydrogens is 423 g/mol. The van der Waals surface area contributed by atoms with Crippen molar-refractivity contribution in [2.24, 2.45) is 5.41 Å². The fourth-order valence-corrected chi connectivity index (χ4v) is 3.69. The number of hydrogen-bond acceptors (Lipinski definition) is 5. The van der Waals surface area contributed by atoms with E-state index in [1.54, 1.807) is 13.8 Å². The summed E-state index contributed by atoms with van der Waals surface area (Å²) in [6.07, 6.45) is -2.77. The zero-order chi connectivity index (χ0) is 23.4. The summed E-state index contributed by atoms with van der Waals surface area (Å²) in [5.41, 5.74) is 0.151. The second-order valence-corrected chi connectivity index (χ2v) is 8.68. The highest BCUT2D eigenvalue weighted by molar-refractivity contribution is 5.82. The molecule has 1 saturated heterocycles. The lowest BCUT2D eigenvalue weighted by molar-refractivity contribution is -0.275. The van der Waals surface area contributed by atoms with Gasteiger partial charge in [-0.15, -0.1) is 13.2 Å². The summed E-state index contributed by atoms with van der Waals surface area (Å²) in [4.78, 5) is 19.1. The van der Waals surface area contributed by atoms with Crippen LogP contribution in [0.3, 0.4) is 0 Å². The third kappa shape index (κ3) is 6.35. The van der Waals surface area contributed by atoms with E-state index in [1.165, 1.54) is 12.3 Å². The van der Waals surface area contributed by atoms with Crippen molar-refractivity contribution < 1.29 is 27.4 Å². The Morgan fingerprint density at radius 1 is 1.19 bits per heavy atom. The van der Waals surface area contributed by atoms with Crippen LogP contribution in [-0.4, -0.2) is 54.9 Å². The number of likely N-dealkylation sites (N-methyl/N-ethyl adjacent to an activating group) is 1. The molecule has 32 heavy (non-hydrogen) atoms. The quantitative estimate of drug-likeness (QED) is 0.690. The van der Waals surface area contributed by atoms with E-state index in [4.69, 9.17) is 4.74 Å². The van der Waals surface area contributed by atoms with Crippen LogP contribution < -0.4 is 14.8 Å². The van der Waals surface area contributed by atoms with Crippen molar-refractivity contribution in [3.05, 3.63) is 54.2 Å². The van der Waals surface area contributed by atoms with Gasteiger partial charge in [0.2, 0.25) is 5.91 Å². The molecule has 1 amide bonds. The average Bonchev–Trinajstić information content (AvgIpc) is 2.74. The lowest BCUT2D eigenvalue weighted by Crippen LogP contribution is -2.52. The number of piperidine rings is 1. The molecule has 0 saturated carbocycles. The second kappa shape index (κ2) is 9.77. The van der Waals surface area contributed by atoms with E-state index in [-0.39, 0.29) is 30.4 Å². The number of pyridine rings is 1. The number of rotatable bonds is 7. The number of carbonyl (C=O) groups excluding carboxylic acids is 1. The number of nitrogens with zero attached hydrogens (tertiary/aromatic N) is 2. The summed E-state index contributed by atoms with van der Waals surface area (Å²) in [6, 6.07) is 12.4. The van der Waals surface area contributed by atoms with E-state index in [2.05, 4.69) is 39.1 Å². The zero-order valence-corrected chi connectivity index (χ0v) is 18.4. The minimum Gasteiger partial charge on any atom is -0.474 e. The van der Waals surface area contributed by atoms with Crippen LogP contribution in [0, 0.1) is 5.41 Å². The van der Waals surface area contributed by atoms with E-state index in [1.807, 2.05) is 18.2 Å². The number of likely N-dealkylation sites (tertiary alicyclic amines) is 1. The Balaban J connectivity index is 1.67. The first-order valence-corrected chi connectivity index (χ1v) is 10.4. The molecule has 0 bridgehead atoms. The zero-order valence-electron chi connectivity index (χ0n) is 18.4. The van der Waals surface area contributed by atoms with Crippen LogP contribution in [0.1, 0.15) is 31.7 Å². The minimum absolute atomic E-state index is 0.0562. The molecule has 3 rings (SSSR count). The Kier molecular flexibility index (Phi) is 7.28. The SMILES string of the molecule is CN1CC[C@H](NC(=O)C(C)(C)COc2ncccc2OC(F)(F)F)[C@@H](c2ccccc2)C1. The van der Waals surface area contributed by atoms with Gasteiger partial charge in [0.25, 0.3) is 5.88 Å². The van der Waals surface area contributed by atoms with Crippen LogP contribution in [0.25, 0.3) is 0 Å². The van der Waals surface area contributed by atoms with Gasteiger partial charge in [0, 0.05) is 24.7 Å². The fraction of sp³-hybridized carbons (Fsp3) is 0.478. The summed E-state index contributed by atoms with van der Waals surface area (Å²) in [5.74, 6) is -0.955. The molecule has 0 aliphatic carbocycles. The van der Waals surface area contributed by atoms with Gasteiger partial charge in [-0.05, 0) is 51.6 Å². The number of carbonyl (C=O) groups is 1. The average molecular weight is 451 g/mol. The van der Waals surface area contributed by atoms with Crippen molar-refractivity contribution in [3.63, 3.8) is 0 Å². The van der Waals surface area contributed by atoms with E-state index >= 15 is 0 Å². The molecule has 1 aromatic heterocycles. The number of ether oxygens (including phenoxy) is 2. The van der Waals surface area contributed by atoms with Gasteiger partial charge in [0.15, 0.2) is 5.75 Å². The lowest BCUT2D eigenvalue weighted by atomic mass is 9.84. The highest BCUT2D eigenvalue weighted by atomic mass is 19.4. The lowest BCUT2D eigenvalue weighted by Gasteiger charge is -2.39. The van der Waals surface area contributed by atoms with Gasteiger partial charge in [-0.25, -0.2) is 4.98 Å². The van der Waals surface area contributed by atoms with E-state index in [9.17, 15) is 18.0 Å². The van der Waals surface area contributed by atoms with Crippen molar-refractivity contribution in [2.75, 3.05) is 26.7 Å². The Morgan fingerprint density at radius 3 is 2.59 bits per heavy atom. The number of nitrogens with one attached hydrogen (secondary N) is 1. The van der Waals surface area contributed by atoms with E-state index in [0.717, 1.165) is 31.1 Å². The molecule has 0 spiro atoms. The van der Waals surface area contributed by atoms with Gasteiger partial charge in [0.05, 0.1) is 5.41 Å². The maximum atomic E-state index is 13.1. The number of benzene rings is 1. The van der Waals surface area contributed by atoms with Gasteiger partial charge in [-0.3, -0.25) is 4.79 Å². The van der Waals surface area contributed by atoms with Crippen LogP contribution >= 0.6 is 0 Å². The molecule has 1 N–H and O–H groups in total. The van der Waals surface area contributed by atoms with Crippen LogP contribution in [0.2, 0.25) is 0 Å². The summed E-state index contributed by atoms with van der Waals surface area (Å²) in [7, 11) is 2.05. The van der Waals surface area contributed by atoms with Crippen LogP contribution in [0.15, 0.2) is 48.7 Å². The first-order valence-electron chi connectivity index (χ1n) is 10.4. The van der Waals surface area contributed by atoms with Crippen molar-refractivity contribution in [1.82, 2.24) is 15.2 Å². The minimum atomic E-state index is -4.87. The fourth-order valence-electron chi connectivity index (χ4n) is 3.69. The summed E-state index contributed by atoms with van der Waals surface area (Å²) in [6.45, 7) is 4.88. The molecule has 2 aromatic rings. The number of aromatic nitrogens is 1. The molecule has 9 heteroatoms. The van der Waals surface area contributed by atoms with Crippen LogP contribution in [0.4, 0.5) is 13.2 Å². The van der Waals surface area contributed by atoms with Gasteiger partial charge in [0.1, 0.15) is 6.61 Å². The first-order chi connectivity index (χ1) is 15.0. The first kappa shape index (κ1) is 23.8. The highest BCUT2D eigenvalue weighted by Crippen LogP contribution is 2.32. The summed E-state index contributed by atoms with van der Waals surface area (Å²) in [5, 5.41) is 3.14. The molecule has 174 valence electrons. The number of hydrogen-bond donors (Lipinski definition) is 1. The molecule has 2 heterocycles. The van der Waals surface area contributed by atoms with Crippen molar-refractivity contribution >= 4 is 5.91 Å². The van der Waals surface area contributed by atoms with Crippen molar-refractivity contribution in [1.29, 1.82) is 0 Å². The molecule has 1 aromatic carbocycles. The van der Waals surface area contributed by atoms with E-state index < -0.39 is 17.5 Å². The Labute approximate surface area is 185 Å². The molecule has 0 radical (unpaired) electrons. The molecular formula is C23H28F3N3O3. The van der Waals surface area contributed by atoms with Gasteiger partial charge in [-0.1, -0.05) is 30.3 Å². The Morgan fingerprint density at radius 2 is 1.91 bits per heavy atom. The largest absolute Gasteiger partial charge is 0.573 e. The van der Waals surface area contributed by atoms with E-state index in [0.29, 0.717) is 0 Å². The van der Waals surface area contributed by atoms with Crippen molar-refractivity contribution in [2.45, 2.75) is 38.6 Å². The van der Waals surface area contributed by atoms with Crippen LogP contribution in [0.5, 0.6) is 11.6 Å². The maximum Gasteiger partial charge on any atom is 0.573 e. The van der Waals surface area contributed by atoms with Crippen molar-refractivity contribution in [3.8, 4) is 11.6 Å². The standard InChI is InChI=1S/C23H28F3N3O3/c1-22(2,15-31-20-19(10-7-12-27-20)32-23(24,25)26)21(30)28-18-11-13-29(3)14-17(18)16-8-5-4-6-9-16/h4-10,12,17-18H,11,13-15H2,1-3H3,(H,28,30)/t17-,18+/m1/s1. The second-order valence-electron chi connectivity index (χ2n) is 8.68. The third-order valence-corrected chi connectivity index (χ3v) is 5.51. The van der Waals surface area contributed by atoms with Gasteiger partial charge < -0.3 is 19.7 Å². The monoisotopic (exact) mass is 451 g/mol. The number of amides is 1. The molecule has 1 fully saturated rings. The number of alkyl halides is 3. The van der Waals surface area contributed by atoms with Gasteiger partial charge in [-0.2, -0.15) is 0 Å². The molecule has 6 nitrogen and oxygen atoms in total. The normalized spacial score (nSPS) is 19.9. The molecule has 2 atom stereocenters. The molecule has 0 unspecified atom stereocenters. The predicted molar refractivity (Wildman–Crippen MR) is 113 cm³/mol. The maximum absolute atomic E-state index is 13.1. The smallest absolute Gasteiger partial charge is 0.474 e. The highest BCUT2D eigenvalue weighted by Gasteiger charge is 2.36. The molecule has 1 aliphatic rings. The summed E-state index contributed by atoms with van der Waals surface area (Å²) >= 11 is 0. The Hall–Kier alpha value is -2.81. The Bertz CT molecular complexity index is 906. The third-order valence-electron chi connectivity index (χ3n) is 5.51. The van der Waals surface area contributed by atoms with Crippen LogP contribution in [-0.2, 0) is 4.79 Å². The van der Waals surface area contributed by atoms with Gasteiger partial charge >= 0.3 is 6.36 Å².